The van der Waals surface area contributed by atoms with Gasteiger partial charge < -0.3 is 20.6 Å². The van der Waals surface area contributed by atoms with Crippen molar-refractivity contribution in [2.24, 2.45) is 0 Å². The highest BCUT2D eigenvalue weighted by Crippen LogP contribution is 2.30. The average molecular weight is 334 g/mol. The molecule has 0 bridgehead atoms. The number of hydrogen-bond acceptors (Lipinski definition) is 3. The monoisotopic (exact) mass is 333 g/mol. The van der Waals surface area contributed by atoms with Crippen molar-refractivity contribution in [3.63, 3.8) is 0 Å². The quantitative estimate of drug-likeness (QED) is 0.699. The molecular formula is C13H17Cl2N3O3. The van der Waals surface area contributed by atoms with Crippen molar-refractivity contribution in [1.82, 2.24) is 10.2 Å². The number of carbonyl (C=O) groups is 2. The van der Waals surface area contributed by atoms with Crippen LogP contribution < -0.4 is 10.6 Å². The fraction of sp³-hybridized carbons (Fsp3) is 0.385. The summed E-state index contributed by atoms with van der Waals surface area (Å²) in [6, 6.07) is 2.09. The van der Waals surface area contributed by atoms with Crippen molar-refractivity contribution in [3.8, 4) is 0 Å². The molecule has 0 saturated carbocycles. The first kappa shape index (κ1) is 17.6. The van der Waals surface area contributed by atoms with Crippen LogP contribution in [0.4, 0.5) is 10.5 Å². The summed E-state index contributed by atoms with van der Waals surface area (Å²) in [6.07, 6.45) is 0.778. The van der Waals surface area contributed by atoms with Crippen LogP contribution in [-0.4, -0.2) is 49.2 Å². The second-order valence-corrected chi connectivity index (χ2v) is 5.50. The van der Waals surface area contributed by atoms with Crippen LogP contribution in [0.5, 0.6) is 0 Å². The largest absolute Gasteiger partial charge is 0.478 e. The Balaban J connectivity index is 2.70. The molecule has 0 radical (unpaired) electrons. The Morgan fingerprint density at radius 1 is 1.29 bits per heavy atom. The number of nitrogens with zero attached hydrogens (tertiary/aromatic N) is 1. The maximum atomic E-state index is 11.7. The fourth-order valence-electron chi connectivity index (χ4n) is 1.62. The molecule has 0 aliphatic heterocycles. The van der Waals surface area contributed by atoms with Crippen molar-refractivity contribution in [1.29, 1.82) is 0 Å². The van der Waals surface area contributed by atoms with E-state index in [9.17, 15) is 9.59 Å². The summed E-state index contributed by atoms with van der Waals surface area (Å²) in [5.74, 6) is -1.22. The summed E-state index contributed by atoms with van der Waals surface area (Å²) in [5.41, 5.74) is -0.130. The van der Waals surface area contributed by atoms with Crippen LogP contribution in [0, 0.1) is 0 Å². The van der Waals surface area contributed by atoms with Gasteiger partial charge in [0.25, 0.3) is 0 Å². The molecule has 1 rings (SSSR count). The van der Waals surface area contributed by atoms with E-state index in [4.69, 9.17) is 28.3 Å². The molecule has 116 valence electrons. The van der Waals surface area contributed by atoms with Crippen molar-refractivity contribution in [2.75, 3.05) is 32.5 Å². The van der Waals surface area contributed by atoms with Gasteiger partial charge in [0.05, 0.1) is 16.3 Å². The van der Waals surface area contributed by atoms with E-state index in [0.29, 0.717) is 6.54 Å². The molecule has 3 N–H and O–H groups in total. The van der Waals surface area contributed by atoms with Gasteiger partial charge in [-0.05, 0) is 39.2 Å². The highest BCUT2D eigenvalue weighted by atomic mass is 35.5. The van der Waals surface area contributed by atoms with E-state index in [1.165, 1.54) is 12.1 Å². The molecule has 21 heavy (non-hydrogen) atoms. The number of rotatable bonds is 6. The van der Waals surface area contributed by atoms with Crippen molar-refractivity contribution in [3.05, 3.63) is 27.7 Å². The molecule has 0 aliphatic carbocycles. The Morgan fingerprint density at radius 3 is 2.52 bits per heavy atom. The maximum absolute atomic E-state index is 11.7. The van der Waals surface area contributed by atoms with Gasteiger partial charge in [-0.1, -0.05) is 23.2 Å². The smallest absolute Gasteiger partial charge is 0.337 e. The van der Waals surface area contributed by atoms with Crippen molar-refractivity contribution < 1.29 is 14.7 Å². The first-order valence-corrected chi connectivity index (χ1v) is 6.98. The number of urea groups is 1. The number of benzene rings is 1. The van der Waals surface area contributed by atoms with Crippen molar-refractivity contribution >= 4 is 40.9 Å². The number of anilines is 1. The van der Waals surface area contributed by atoms with E-state index in [0.717, 1.165) is 13.0 Å². The summed E-state index contributed by atoms with van der Waals surface area (Å²) >= 11 is 11.7. The second-order valence-electron chi connectivity index (χ2n) is 4.65. The van der Waals surface area contributed by atoms with Crippen LogP contribution in [0.1, 0.15) is 16.8 Å². The van der Waals surface area contributed by atoms with Gasteiger partial charge in [0.1, 0.15) is 0 Å². The molecule has 2 amide bonds. The number of carboxylic acid groups (broad SMARTS) is 1. The zero-order valence-corrected chi connectivity index (χ0v) is 13.3. The molecule has 0 aliphatic rings. The lowest BCUT2D eigenvalue weighted by Crippen LogP contribution is -2.31. The molecule has 8 heteroatoms. The van der Waals surface area contributed by atoms with Gasteiger partial charge in [0, 0.05) is 11.6 Å². The van der Waals surface area contributed by atoms with Gasteiger partial charge in [-0.15, -0.1) is 0 Å². The number of aromatic carboxylic acids is 1. The molecule has 1 aromatic rings. The number of amides is 2. The minimum atomic E-state index is -1.22. The Kier molecular flexibility index (Phi) is 6.74. The van der Waals surface area contributed by atoms with Crippen molar-refractivity contribution in [2.45, 2.75) is 6.42 Å². The highest BCUT2D eigenvalue weighted by Gasteiger charge is 2.17. The summed E-state index contributed by atoms with van der Waals surface area (Å²) in [5, 5.41) is 14.4. The topological polar surface area (TPSA) is 81.7 Å². The molecule has 0 aromatic heterocycles. The summed E-state index contributed by atoms with van der Waals surface area (Å²) in [7, 11) is 3.87. The van der Waals surface area contributed by atoms with Gasteiger partial charge in [0.15, 0.2) is 0 Å². The molecule has 0 spiro atoms. The minimum Gasteiger partial charge on any atom is -0.478 e. The first-order valence-electron chi connectivity index (χ1n) is 6.23. The Morgan fingerprint density at radius 2 is 1.95 bits per heavy atom. The third-order valence-electron chi connectivity index (χ3n) is 2.59. The van der Waals surface area contributed by atoms with Gasteiger partial charge in [0.2, 0.25) is 0 Å². The molecule has 0 fully saturated rings. The average Bonchev–Trinajstić information content (AvgIpc) is 2.37. The number of carboxylic acids is 1. The zero-order chi connectivity index (χ0) is 16.0. The van der Waals surface area contributed by atoms with Crippen LogP contribution in [0.2, 0.25) is 10.0 Å². The van der Waals surface area contributed by atoms with E-state index in [1.807, 2.05) is 19.0 Å². The van der Waals surface area contributed by atoms with E-state index < -0.39 is 12.0 Å². The van der Waals surface area contributed by atoms with E-state index in [2.05, 4.69) is 10.6 Å². The zero-order valence-electron chi connectivity index (χ0n) is 11.7. The lowest BCUT2D eigenvalue weighted by molar-refractivity contribution is 0.0698. The summed E-state index contributed by atoms with van der Waals surface area (Å²) < 4.78 is 0. The molecule has 0 unspecified atom stereocenters. The first-order chi connectivity index (χ1) is 9.81. The van der Waals surface area contributed by atoms with Crippen LogP contribution in [0.15, 0.2) is 12.1 Å². The third-order valence-corrected chi connectivity index (χ3v) is 3.11. The van der Waals surface area contributed by atoms with E-state index in [1.54, 1.807) is 0 Å². The lowest BCUT2D eigenvalue weighted by atomic mass is 10.2. The molecule has 1 aromatic carbocycles. The molecular weight excluding hydrogens is 317 g/mol. The fourth-order valence-corrected chi connectivity index (χ4v) is 2.16. The highest BCUT2D eigenvalue weighted by molar-refractivity contribution is 6.37. The van der Waals surface area contributed by atoms with Gasteiger partial charge >= 0.3 is 12.0 Å². The van der Waals surface area contributed by atoms with E-state index in [-0.39, 0.29) is 21.3 Å². The minimum absolute atomic E-state index is 0.0266. The Labute approximate surface area is 133 Å². The number of nitrogens with one attached hydrogen (secondary N) is 2. The van der Waals surface area contributed by atoms with Crippen LogP contribution in [-0.2, 0) is 0 Å². The number of halogens is 2. The summed E-state index contributed by atoms with van der Waals surface area (Å²) in [6.45, 7) is 1.31. The standard InChI is InChI=1S/C13H17Cl2N3O3/c1-18(2)5-3-4-16-13(21)17-11-9(12(19)20)6-8(14)7-10(11)15/h6-7H,3-5H2,1-2H3,(H,19,20)(H2,16,17,21). The molecule has 0 atom stereocenters. The van der Waals surface area contributed by atoms with Crippen LogP contribution >= 0.6 is 23.2 Å². The number of hydrogen-bond donors (Lipinski definition) is 3. The molecule has 0 heterocycles. The van der Waals surface area contributed by atoms with E-state index >= 15 is 0 Å². The Bertz CT molecular complexity index is 536. The van der Waals surface area contributed by atoms with Gasteiger partial charge in [-0.25, -0.2) is 9.59 Å². The molecule has 0 saturated heterocycles. The van der Waals surface area contributed by atoms with Crippen LogP contribution in [0.25, 0.3) is 0 Å². The summed E-state index contributed by atoms with van der Waals surface area (Å²) in [4.78, 5) is 24.9. The SMILES string of the molecule is CN(C)CCCNC(=O)Nc1c(Cl)cc(Cl)cc1C(=O)O. The normalized spacial score (nSPS) is 10.5. The maximum Gasteiger partial charge on any atom is 0.337 e. The predicted molar refractivity (Wildman–Crippen MR) is 83.6 cm³/mol. The Hall–Kier alpha value is -1.50. The number of carbonyl (C=O) groups excluding carboxylic acids is 1. The van der Waals surface area contributed by atoms with Gasteiger partial charge in [-0.3, -0.25) is 0 Å². The predicted octanol–water partition coefficient (Wildman–Crippen LogP) is 2.76. The lowest BCUT2D eigenvalue weighted by Gasteiger charge is -2.13. The second kappa shape index (κ2) is 8.07. The van der Waals surface area contributed by atoms with Crippen LogP contribution in [0.3, 0.4) is 0 Å². The molecule has 6 nitrogen and oxygen atoms in total. The third kappa shape index (κ3) is 5.79. The van der Waals surface area contributed by atoms with Gasteiger partial charge in [-0.2, -0.15) is 0 Å².